The third-order valence-electron chi connectivity index (χ3n) is 8.29. The number of halogens is 2. The van der Waals surface area contributed by atoms with Crippen molar-refractivity contribution >= 4 is 35.0 Å². The SMILES string of the molecule is [N-]=[N+]=NCc1ccccc1C[C@]1(C(=O)NNCCc2ccc(Cl)cc2Cl)N=C(c2ccc(OCCCO)cc2)O[C@H]1c1ccccc1CN=[N+]=[N-]. The molecule has 0 aliphatic carbocycles. The number of aliphatic hydroxyl groups excluding tert-OH is 1. The minimum Gasteiger partial charge on any atom is -0.494 e. The fourth-order valence-corrected chi connectivity index (χ4v) is 6.26. The molecule has 0 unspecified atom stereocenters. The van der Waals surface area contributed by atoms with Crippen LogP contribution in [0.15, 0.2) is 106 Å². The van der Waals surface area contributed by atoms with Crippen LogP contribution >= 0.6 is 23.2 Å². The first-order chi connectivity index (χ1) is 24.9. The van der Waals surface area contributed by atoms with Crippen molar-refractivity contribution in [1.82, 2.24) is 10.9 Å². The van der Waals surface area contributed by atoms with E-state index in [-0.39, 0.29) is 32.0 Å². The van der Waals surface area contributed by atoms with E-state index in [2.05, 4.69) is 30.9 Å². The standard InChI is InChI=1S/C36H35Cl2N9O4/c37-29-13-10-24(32(38)20-29)16-17-41-45-35(49)36(21-26-6-1-2-7-27(26)22-42-46-39)33(31-9-4-3-8-28(31)23-43-47-40)51-34(44-36)25-11-14-30(15-12-25)50-19-5-18-48/h1-4,6-15,20,33,41,48H,5,16-19,21-23H2,(H,45,49)/t33-,36-/m0/s1. The van der Waals surface area contributed by atoms with Crippen LogP contribution in [0.2, 0.25) is 10.0 Å². The number of hydrogen-bond donors (Lipinski definition) is 3. The molecule has 0 spiro atoms. The summed E-state index contributed by atoms with van der Waals surface area (Å²) in [6.07, 6.45) is 0.0771. The van der Waals surface area contributed by atoms with Crippen molar-refractivity contribution in [2.45, 2.75) is 44.0 Å². The van der Waals surface area contributed by atoms with Crippen LogP contribution in [0.3, 0.4) is 0 Å². The average molecular weight is 729 g/mol. The maximum Gasteiger partial charge on any atom is 0.266 e. The summed E-state index contributed by atoms with van der Waals surface area (Å²) in [5.41, 5.74) is 26.7. The van der Waals surface area contributed by atoms with Crippen molar-refractivity contribution in [3.63, 3.8) is 0 Å². The van der Waals surface area contributed by atoms with Gasteiger partial charge in [-0.3, -0.25) is 10.2 Å². The number of aliphatic imine (C=N–C) groups is 1. The number of benzene rings is 4. The molecule has 5 rings (SSSR count). The van der Waals surface area contributed by atoms with Gasteiger partial charge in [0.1, 0.15) is 5.75 Å². The van der Waals surface area contributed by atoms with Crippen LogP contribution in [0.4, 0.5) is 0 Å². The van der Waals surface area contributed by atoms with Crippen molar-refractivity contribution < 1.29 is 19.4 Å². The molecule has 0 radical (unpaired) electrons. The summed E-state index contributed by atoms with van der Waals surface area (Å²) in [5, 5.41) is 17.7. The summed E-state index contributed by atoms with van der Waals surface area (Å²) < 4.78 is 12.4. The molecule has 1 amide bonds. The van der Waals surface area contributed by atoms with Crippen molar-refractivity contribution in [2.75, 3.05) is 19.8 Å². The van der Waals surface area contributed by atoms with Gasteiger partial charge in [-0.25, -0.2) is 10.4 Å². The Morgan fingerprint density at radius 3 is 2.31 bits per heavy atom. The van der Waals surface area contributed by atoms with Gasteiger partial charge in [0.25, 0.3) is 5.91 Å². The van der Waals surface area contributed by atoms with E-state index in [1.807, 2.05) is 54.6 Å². The lowest BCUT2D eigenvalue weighted by atomic mass is 9.80. The Bertz CT molecular complexity index is 1960. The number of rotatable bonds is 17. The second-order valence-electron chi connectivity index (χ2n) is 11.6. The summed E-state index contributed by atoms with van der Waals surface area (Å²) in [6, 6.07) is 27.0. The zero-order valence-electron chi connectivity index (χ0n) is 27.5. The number of aliphatic hydroxyl groups is 1. The predicted molar refractivity (Wildman–Crippen MR) is 195 cm³/mol. The molecule has 4 aromatic rings. The Kier molecular flexibility index (Phi) is 13.1. The Morgan fingerprint density at radius 1 is 0.922 bits per heavy atom. The number of hydrazine groups is 1. The monoisotopic (exact) mass is 727 g/mol. The number of nitrogens with one attached hydrogen (secondary N) is 2. The van der Waals surface area contributed by atoms with Gasteiger partial charge in [-0.05, 0) is 81.7 Å². The van der Waals surface area contributed by atoms with Crippen molar-refractivity contribution in [2.24, 2.45) is 15.2 Å². The van der Waals surface area contributed by atoms with Gasteiger partial charge in [-0.2, -0.15) is 0 Å². The van der Waals surface area contributed by atoms with E-state index >= 15 is 0 Å². The number of ether oxygens (including phenoxy) is 2. The summed E-state index contributed by atoms with van der Waals surface area (Å²) in [4.78, 5) is 25.7. The third kappa shape index (κ3) is 9.30. The lowest BCUT2D eigenvalue weighted by Crippen LogP contribution is -2.54. The first-order valence-corrected chi connectivity index (χ1v) is 16.9. The molecular weight excluding hydrogens is 693 g/mol. The van der Waals surface area contributed by atoms with Crippen molar-refractivity contribution in [3.05, 3.63) is 155 Å². The molecular formula is C36H35Cl2N9O4. The van der Waals surface area contributed by atoms with Crippen LogP contribution in [0.5, 0.6) is 5.75 Å². The van der Waals surface area contributed by atoms with Gasteiger partial charge >= 0.3 is 0 Å². The quantitative estimate of drug-likeness (QED) is 0.0329. The molecule has 1 aliphatic rings. The van der Waals surface area contributed by atoms with Crippen LogP contribution in [-0.4, -0.2) is 42.2 Å². The van der Waals surface area contributed by atoms with E-state index in [1.165, 1.54) is 0 Å². The smallest absolute Gasteiger partial charge is 0.266 e. The van der Waals surface area contributed by atoms with Gasteiger partial charge in [0.15, 0.2) is 11.6 Å². The van der Waals surface area contributed by atoms with Crippen LogP contribution in [0.25, 0.3) is 20.9 Å². The molecule has 15 heteroatoms. The number of nitrogens with zero attached hydrogens (tertiary/aromatic N) is 7. The molecule has 13 nitrogen and oxygen atoms in total. The molecule has 0 aromatic heterocycles. The van der Waals surface area contributed by atoms with E-state index in [9.17, 15) is 4.79 Å². The highest BCUT2D eigenvalue weighted by Crippen LogP contribution is 2.44. The van der Waals surface area contributed by atoms with Gasteiger partial charge in [0.2, 0.25) is 5.90 Å². The van der Waals surface area contributed by atoms with Crippen molar-refractivity contribution in [1.29, 1.82) is 0 Å². The lowest BCUT2D eigenvalue weighted by molar-refractivity contribution is -0.130. The van der Waals surface area contributed by atoms with Crippen molar-refractivity contribution in [3.8, 4) is 5.75 Å². The average Bonchev–Trinajstić information content (AvgIpc) is 3.53. The highest BCUT2D eigenvalue weighted by Gasteiger charge is 2.54. The molecule has 51 heavy (non-hydrogen) atoms. The number of azide groups is 2. The highest BCUT2D eigenvalue weighted by atomic mass is 35.5. The molecule has 0 bridgehead atoms. The molecule has 2 atom stereocenters. The molecule has 0 saturated carbocycles. The Balaban J connectivity index is 1.57. The van der Waals surface area contributed by atoms with Crippen LogP contribution in [0, 0.1) is 0 Å². The molecule has 262 valence electrons. The summed E-state index contributed by atoms with van der Waals surface area (Å²) in [6.45, 7) is 0.799. The minimum atomic E-state index is -1.60. The van der Waals surface area contributed by atoms with Gasteiger partial charge in [0.05, 0.1) is 19.7 Å². The number of hydrogen-bond acceptors (Lipinski definition) is 8. The first-order valence-electron chi connectivity index (χ1n) is 16.1. The van der Waals surface area contributed by atoms with Gasteiger partial charge in [0, 0.05) is 51.4 Å². The molecule has 0 fully saturated rings. The largest absolute Gasteiger partial charge is 0.494 e. The molecule has 0 saturated heterocycles. The van der Waals surface area contributed by atoms with E-state index in [1.54, 1.807) is 36.4 Å². The van der Waals surface area contributed by atoms with Gasteiger partial charge in [-0.15, -0.1) is 0 Å². The number of carbonyl (C=O) groups is 1. The Morgan fingerprint density at radius 2 is 1.61 bits per heavy atom. The first kappa shape index (κ1) is 37.0. The van der Waals surface area contributed by atoms with E-state index < -0.39 is 17.6 Å². The lowest BCUT2D eigenvalue weighted by Gasteiger charge is -2.32. The summed E-state index contributed by atoms with van der Waals surface area (Å²) >= 11 is 12.4. The second-order valence-corrected chi connectivity index (χ2v) is 12.4. The number of amides is 1. The third-order valence-corrected chi connectivity index (χ3v) is 8.88. The van der Waals surface area contributed by atoms with Crippen LogP contribution in [-0.2, 0) is 35.5 Å². The Labute approximate surface area is 304 Å². The fraction of sp³-hybridized carbons (Fsp3) is 0.278. The van der Waals surface area contributed by atoms with E-state index in [0.717, 1.165) is 16.7 Å². The van der Waals surface area contributed by atoms with Crippen LogP contribution < -0.4 is 15.6 Å². The zero-order valence-corrected chi connectivity index (χ0v) is 29.0. The summed E-state index contributed by atoms with van der Waals surface area (Å²) in [5.74, 6) is 0.338. The topological polar surface area (TPSA) is 190 Å². The maximum atomic E-state index is 14.7. The minimum absolute atomic E-state index is 0.0190. The normalized spacial score (nSPS) is 16.3. The Hall–Kier alpha value is -5.26. The van der Waals surface area contributed by atoms with Crippen LogP contribution in [0.1, 0.15) is 45.9 Å². The van der Waals surface area contributed by atoms with E-state index in [0.29, 0.717) is 58.5 Å². The molecule has 3 N–H and O–H groups in total. The number of carbonyl (C=O) groups excluding carboxylic acids is 1. The maximum absolute atomic E-state index is 14.7. The zero-order chi connectivity index (χ0) is 36.1. The highest BCUT2D eigenvalue weighted by molar-refractivity contribution is 6.35. The molecule has 4 aromatic carbocycles. The van der Waals surface area contributed by atoms with E-state index in [4.69, 9.17) is 53.8 Å². The molecule has 1 aliphatic heterocycles. The predicted octanol–water partition coefficient (Wildman–Crippen LogP) is 7.74. The van der Waals surface area contributed by atoms with Gasteiger partial charge in [-0.1, -0.05) is 88.0 Å². The molecule has 1 heterocycles. The fourth-order valence-electron chi connectivity index (χ4n) is 5.76. The summed E-state index contributed by atoms with van der Waals surface area (Å²) in [7, 11) is 0. The van der Waals surface area contributed by atoms with Gasteiger partial charge < -0.3 is 14.6 Å². The second kappa shape index (κ2) is 18.1.